The molecular formula is C24H28O4S. The van der Waals surface area contributed by atoms with Gasteiger partial charge in [0.15, 0.2) is 5.12 Å². The number of ether oxygens (including phenoxy) is 3. The lowest BCUT2D eigenvalue weighted by Crippen LogP contribution is -2.38. The van der Waals surface area contributed by atoms with Crippen LogP contribution in [0.2, 0.25) is 0 Å². The van der Waals surface area contributed by atoms with Crippen molar-refractivity contribution in [1.29, 1.82) is 0 Å². The lowest BCUT2D eigenvalue weighted by atomic mass is 10.1. The van der Waals surface area contributed by atoms with E-state index in [0.29, 0.717) is 25.4 Å². The van der Waals surface area contributed by atoms with Gasteiger partial charge < -0.3 is 14.2 Å². The van der Waals surface area contributed by atoms with Gasteiger partial charge in [-0.2, -0.15) is 0 Å². The van der Waals surface area contributed by atoms with Crippen molar-refractivity contribution in [3.63, 3.8) is 0 Å². The van der Waals surface area contributed by atoms with Crippen LogP contribution in [0.5, 0.6) is 0 Å². The number of rotatable bonds is 10. The molecule has 0 bridgehead atoms. The van der Waals surface area contributed by atoms with Gasteiger partial charge in [0.1, 0.15) is 12.2 Å². The minimum atomic E-state index is -0.254. The second kappa shape index (κ2) is 11.3. The molecule has 2 aromatic rings. The molecule has 0 spiro atoms. The molecular weight excluding hydrogens is 384 g/mol. The molecule has 4 atom stereocenters. The summed E-state index contributed by atoms with van der Waals surface area (Å²) in [6.45, 7) is 6.39. The van der Waals surface area contributed by atoms with Crippen molar-refractivity contribution in [3.05, 3.63) is 84.4 Å². The predicted octanol–water partition coefficient (Wildman–Crippen LogP) is 4.78. The van der Waals surface area contributed by atoms with Crippen LogP contribution in [0.3, 0.4) is 0 Å². The first kappa shape index (κ1) is 21.8. The Morgan fingerprint density at radius 2 is 1.48 bits per heavy atom. The number of benzene rings is 2. The summed E-state index contributed by atoms with van der Waals surface area (Å²) in [5.41, 5.74) is 2.20. The molecule has 1 heterocycles. The zero-order valence-corrected chi connectivity index (χ0v) is 17.6. The van der Waals surface area contributed by atoms with Gasteiger partial charge in [0.2, 0.25) is 0 Å². The van der Waals surface area contributed by atoms with Crippen molar-refractivity contribution in [2.75, 3.05) is 5.75 Å². The fourth-order valence-corrected chi connectivity index (χ4v) is 4.09. The number of carbonyl (C=O) groups is 1. The quantitative estimate of drug-likeness (QED) is 0.526. The number of thioether (sulfide) groups is 1. The Kier molecular flexibility index (Phi) is 8.50. The van der Waals surface area contributed by atoms with Crippen LogP contribution < -0.4 is 0 Å². The summed E-state index contributed by atoms with van der Waals surface area (Å²) in [7, 11) is 0. The van der Waals surface area contributed by atoms with Gasteiger partial charge in [-0.05, 0) is 17.5 Å². The minimum absolute atomic E-state index is 0.0735. The molecule has 0 radical (unpaired) electrons. The van der Waals surface area contributed by atoms with Gasteiger partial charge in [0.05, 0.1) is 25.4 Å². The zero-order chi connectivity index (χ0) is 20.5. The van der Waals surface area contributed by atoms with E-state index < -0.39 is 0 Å². The highest BCUT2D eigenvalue weighted by molar-refractivity contribution is 8.13. The minimum Gasteiger partial charge on any atom is -0.368 e. The average molecular weight is 413 g/mol. The summed E-state index contributed by atoms with van der Waals surface area (Å²) in [4.78, 5) is 11.5. The number of hydrogen-bond donors (Lipinski definition) is 0. The molecule has 154 valence electrons. The van der Waals surface area contributed by atoms with E-state index in [1.807, 2.05) is 66.7 Å². The molecule has 2 aromatic carbocycles. The monoisotopic (exact) mass is 412 g/mol. The van der Waals surface area contributed by atoms with E-state index in [4.69, 9.17) is 14.2 Å². The third-order valence-electron chi connectivity index (χ3n) is 4.83. The van der Waals surface area contributed by atoms with Crippen LogP contribution in [0.25, 0.3) is 0 Å². The van der Waals surface area contributed by atoms with Crippen LogP contribution in [0, 0.1) is 0 Å². The summed E-state index contributed by atoms with van der Waals surface area (Å²) in [5.74, 6) is 0.549. The Morgan fingerprint density at radius 3 is 1.97 bits per heavy atom. The third kappa shape index (κ3) is 6.54. The van der Waals surface area contributed by atoms with E-state index in [1.54, 1.807) is 6.92 Å². The van der Waals surface area contributed by atoms with Gasteiger partial charge in [-0.15, -0.1) is 6.58 Å². The molecule has 1 aliphatic heterocycles. The summed E-state index contributed by atoms with van der Waals surface area (Å²) < 4.78 is 18.9. The summed E-state index contributed by atoms with van der Waals surface area (Å²) >= 11 is 1.27. The Hall–Kier alpha value is -1.92. The van der Waals surface area contributed by atoms with E-state index in [-0.39, 0.29) is 29.5 Å². The molecule has 0 amide bonds. The van der Waals surface area contributed by atoms with Gasteiger partial charge in [-0.3, -0.25) is 4.79 Å². The lowest BCUT2D eigenvalue weighted by Gasteiger charge is -2.25. The normalized spacial score (nSPS) is 23.8. The van der Waals surface area contributed by atoms with Crippen LogP contribution in [0.4, 0.5) is 0 Å². The molecule has 1 unspecified atom stereocenters. The standard InChI is InChI=1S/C24H28O4S/c1-3-10-21-23(26-15-19-11-6-4-7-12-19)24(22(28-21)17-29-18(2)25)27-16-20-13-8-5-9-14-20/h3-9,11-14,21-24H,1,10,15-17H2,2H3/t21?,22-,23-,24-/m0/s1. The van der Waals surface area contributed by atoms with E-state index >= 15 is 0 Å². The van der Waals surface area contributed by atoms with Gasteiger partial charge in [0, 0.05) is 12.7 Å². The van der Waals surface area contributed by atoms with Gasteiger partial charge in [0.25, 0.3) is 0 Å². The zero-order valence-electron chi connectivity index (χ0n) is 16.7. The lowest BCUT2D eigenvalue weighted by molar-refractivity contribution is -0.109. The van der Waals surface area contributed by atoms with Crippen LogP contribution in [-0.2, 0) is 32.2 Å². The van der Waals surface area contributed by atoms with Gasteiger partial charge >= 0.3 is 0 Å². The Bertz CT molecular complexity index is 765. The van der Waals surface area contributed by atoms with Gasteiger partial charge in [-0.1, -0.05) is 78.5 Å². The summed E-state index contributed by atoms with van der Waals surface area (Å²) in [5, 5.41) is 0.0735. The fraction of sp³-hybridized carbons (Fsp3) is 0.375. The Morgan fingerprint density at radius 1 is 0.966 bits per heavy atom. The summed E-state index contributed by atoms with van der Waals surface area (Å²) in [6.07, 6.45) is 1.68. The predicted molar refractivity (Wildman–Crippen MR) is 117 cm³/mol. The molecule has 0 saturated carbocycles. The fourth-order valence-electron chi connectivity index (χ4n) is 3.43. The first-order valence-electron chi connectivity index (χ1n) is 9.88. The van der Waals surface area contributed by atoms with E-state index in [2.05, 4.69) is 6.58 Å². The maximum Gasteiger partial charge on any atom is 0.185 e. The Balaban J connectivity index is 1.73. The van der Waals surface area contributed by atoms with Crippen LogP contribution in [0.1, 0.15) is 24.5 Å². The molecule has 0 N–H and O–H groups in total. The number of carbonyl (C=O) groups excluding carboxylic acids is 1. The average Bonchev–Trinajstić information content (AvgIpc) is 3.07. The molecule has 0 aliphatic carbocycles. The highest BCUT2D eigenvalue weighted by atomic mass is 32.2. The molecule has 1 aliphatic rings. The van der Waals surface area contributed by atoms with Crippen molar-refractivity contribution in [2.45, 2.75) is 51.0 Å². The van der Waals surface area contributed by atoms with E-state index in [9.17, 15) is 4.79 Å². The van der Waals surface area contributed by atoms with Gasteiger partial charge in [-0.25, -0.2) is 0 Å². The largest absolute Gasteiger partial charge is 0.368 e. The van der Waals surface area contributed by atoms with Crippen LogP contribution in [-0.4, -0.2) is 35.3 Å². The molecule has 3 rings (SSSR count). The first-order chi connectivity index (χ1) is 14.2. The molecule has 29 heavy (non-hydrogen) atoms. The van der Waals surface area contributed by atoms with Crippen molar-refractivity contribution in [3.8, 4) is 0 Å². The first-order valence-corrected chi connectivity index (χ1v) is 10.9. The second-order valence-corrected chi connectivity index (χ2v) is 8.26. The Labute approximate surface area is 177 Å². The van der Waals surface area contributed by atoms with E-state index in [0.717, 1.165) is 11.1 Å². The topological polar surface area (TPSA) is 44.8 Å². The molecule has 5 heteroatoms. The van der Waals surface area contributed by atoms with Crippen LogP contribution >= 0.6 is 11.8 Å². The summed E-state index contributed by atoms with van der Waals surface area (Å²) in [6, 6.07) is 20.1. The SMILES string of the molecule is C=CCC1O[C@@H](CSC(C)=O)[C@H](OCc2ccccc2)[C@H]1OCc1ccccc1. The third-order valence-corrected chi connectivity index (χ3v) is 5.73. The highest BCUT2D eigenvalue weighted by Gasteiger charge is 2.45. The number of hydrogen-bond acceptors (Lipinski definition) is 5. The van der Waals surface area contributed by atoms with Crippen molar-refractivity contribution in [1.82, 2.24) is 0 Å². The van der Waals surface area contributed by atoms with Crippen molar-refractivity contribution >= 4 is 16.9 Å². The van der Waals surface area contributed by atoms with Crippen LogP contribution in [0.15, 0.2) is 73.3 Å². The van der Waals surface area contributed by atoms with Crippen molar-refractivity contribution < 1.29 is 19.0 Å². The maximum absolute atomic E-state index is 11.5. The van der Waals surface area contributed by atoms with E-state index in [1.165, 1.54) is 11.8 Å². The molecule has 4 nitrogen and oxygen atoms in total. The smallest absolute Gasteiger partial charge is 0.185 e. The second-order valence-electron chi connectivity index (χ2n) is 7.06. The molecule has 1 saturated heterocycles. The van der Waals surface area contributed by atoms with Crippen molar-refractivity contribution in [2.24, 2.45) is 0 Å². The molecule has 1 fully saturated rings. The molecule has 0 aromatic heterocycles. The highest BCUT2D eigenvalue weighted by Crippen LogP contribution is 2.32. The maximum atomic E-state index is 11.5.